The molecule has 0 saturated heterocycles. The molecule has 64 valence electrons. The Hall–Kier alpha value is -0.360. The number of carboxylic acids is 1. The summed E-state index contributed by atoms with van der Waals surface area (Å²) in [5.41, 5.74) is 0.0178. The van der Waals surface area contributed by atoms with Crippen LogP contribution in [0.15, 0.2) is 23.8 Å². The maximum absolute atomic E-state index is 10.4. The quantitative estimate of drug-likeness (QED) is 0.322. The van der Waals surface area contributed by atoms with Crippen LogP contribution < -0.4 is 34.7 Å². The number of allylic oxidation sites excluding steroid dienone is 2. The van der Waals surface area contributed by atoms with E-state index in [1.165, 1.54) is 18.2 Å². The molecule has 1 rings (SSSR count). The predicted octanol–water partition coefficient (Wildman–Crippen LogP) is -4.32. The second kappa shape index (κ2) is 5.39. The third-order valence-electron chi connectivity index (χ3n) is 1.42. The van der Waals surface area contributed by atoms with Crippen molar-refractivity contribution in [2.75, 3.05) is 0 Å². The summed E-state index contributed by atoms with van der Waals surface area (Å²) in [5, 5.41) is 10.2. The van der Waals surface area contributed by atoms with Crippen LogP contribution >= 0.6 is 0 Å². The van der Waals surface area contributed by atoms with Crippen LogP contribution in [0.4, 0.5) is 0 Å². The van der Waals surface area contributed by atoms with Gasteiger partial charge in [0.05, 0.1) is 10.8 Å². The zero-order chi connectivity index (χ0) is 9.14. The van der Waals surface area contributed by atoms with Crippen molar-refractivity contribution in [3.63, 3.8) is 0 Å². The number of carbonyl (C=O) groups is 1. The van der Waals surface area contributed by atoms with Crippen LogP contribution in [0.3, 0.4) is 0 Å². The molecule has 6 heteroatoms. The van der Waals surface area contributed by atoms with Crippen molar-refractivity contribution in [3.8, 4) is 0 Å². The first-order valence-electron chi connectivity index (χ1n) is 3.16. The van der Waals surface area contributed by atoms with Crippen molar-refractivity contribution in [1.82, 2.24) is 0 Å². The molecule has 0 saturated carbocycles. The minimum absolute atomic E-state index is 0. The van der Waals surface area contributed by atoms with Gasteiger partial charge < -0.3 is 9.90 Å². The molecule has 0 aromatic carbocycles. The SMILES string of the molecule is O=C([O-])C1=CCC(=S(=O)=O)C=C1.[Na+]. The van der Waals surface area contributed by atoms with Crippen molar-refractivity contribution >= 4 is 21.1 Å². The summed E-state index contributed by atoms with van der Waals surface area (Å²) < 4.78 is 20.7. The summed E-state index contributed by atoms with van der Waals surface area (Å²) in [7, 11) is -2.26. The molecule has 0 heterocycles. The van der Waals surface area contributed by atoms with Crippen LogP contribution in [0.1, 0.15) is 6.42 Å². The third kappa shape index (κ3) is 3.48. The van der Waals surface area contributed by atoms with Gasteiger partial charge in [0.25, 0.3) is 0 Å². The van der Waals surface area contributed by atoms with Gasteiger partial charge in [0.1, 0.15) is 0 Å². The van der Waals surface area contributed by atoms with Gasteiger partial charge >= 0.3 is 29.6 Å². The third-order valence-corrected chi connectivity index (χ3v) is 2.15. The van der Waals surface area contributed by atoms with Crippen molar-refractivity contribution in [3.05, 3.63) is 23.8 Å². The summed E-state index contributed by atoms with van der Waals surface area (Å²) in [6.45, 7) is 0. The molecule has 0 aromatic rings. The summed E-state index contributed by atoms with van der Waals surface area (Å²) in [5.74, 6) is -1.29. The number of aliphatic carboxylic acids is 1. The maximum atomic E-state index is 10.4. The van der Waals surface area contributed by atoms with Gasteiger partial charge in [0, 0.05) is 6.42 Å². The Morgan fingerprint density at radius 2 is 2.00 bits per heavy atom. The van der Waals surface area contributed by atoms with E-state index in [0.29, 0.717) is 0 Å². The van der Waals surface area contributed by atoms with Crippen LogP contribution in [-0.2, 0) is 15.1 Å². The first-order valence-corrected chi connectivity index (χ1v) is 4.23. The second-order valence-electron chi connectivity index (χ2n) is 2.19. The van der Waals surface area contributed by atoms with Crippen LogP contribution in [0.2, 0.25) is 0 Å². The average molecular weight is 208 g/mol. The number of rotatable bonds is 1. The van der Waals surface area contributed by atoms with Gasteiger partial charge in [-0.2, -0.15) is 8.42 Å². The number of hydrogen-bond acceptors (Lipinski definition) is 4. The normalized spacial score (nSPS) is 14.5. The summed E-state index contributed by atoms with van der Waals surface area (Å²) in [4.78, 5) is 10.4. The standard InChI is InChI=1S/C7H6O4S.Na/c8-7(9)5-1-3-6(4-2-5)12(10)11;/h1-3H,4H2,(H,8,9);/q;+1/p-1. The van der Waals surface area contributed by atoms with Gasteiger partial charge in [0.15, 0.2) is 0 Å². The molecule has 13 heavy (non-hydrogen) atoms. The van der Waals surface area contributed by atoms with E-state index in [4.69, 9.17) is 0 Å². The Morgan fingerprint density at radius 1 is 1.38 bits per heavy atom. The van der Waals surface area contributed by atoms with Gasteiger partial charge in [0.2, 0.25) is 10.3 Å². The van der Waals surface area contributed by atoms with E-state index in [0.717, 1.165) is 0 Å². The first-order chi connectivity index (χ1) is 5.61. The van der Waals surface area contributed by atoms with E-state index in [1.54, 1.807) is 0 Å². The zero-order valence-corrected chi connectivity index (χ0v) is 9.80. The van der Waals surface area contributed by atoms with E-state index in [-0.39, 0.29) is 46.4 Å². The van der Waals surface area contributed by atoms with Crippen LogP contribution in [0.25, 0.3) is 0 Å². The van der Waals surface area contributed by atoms with E-state index < -0.39 is 16.3 Å². The molecule has 0 N–H and O–H groups in total. The Balaban J connectivity index is 0.00000144. The average Bonchev–Trinajstić information content (AvgIpc) is 2.04. The Morgan fingerprint density at radius 3 is 2.31 bits per heavy atom. The van der Waals surface area contributed by atoms with Crippen molar-refractivity contribution in [1.29, 1.82) is 0 Å². The molecule has 0 spiro atoms. The molecule has 0 amide bonds. The summed E-state index contributed by atoms with van der Waals surface area (Å²) in [6, 6.07) is 0. The fourth-order valence-electron chi connectivity index (χ4n) is 0.804. The Kier molecular flexibility index (Phi) is 5.24. The van der Waals surface area contributed by atoms with Gasteiger partial charge in [-0.3, -0.25) is 0 Å². The molecular weight excluding hydrogens is 203 g/mol. The van der Waals surface area contributed by atoms with Crippen LogP contribution in [0.5, 0.6) is 0 Å². The Bertz CT molecular complexity index is 394. The van der Waals surface area contributed by atoms with Gasteiger partial charge in [-0.25, -0.2) is 0 Å². The molecule has 4 nitrogen and oxygen atoms in total. The van der Waals surface area contributed by atoms with Gasteiger partial charge in [-0.1, -0.05) is 12.2 Å². The number of carboxylic acid groups (broad SMARTS) is 1. The largest absolute Gasteiger partial charge is 1.00 e. The number of carbonyl (C=O) groups excluding carboxylic acids is 1. The zero-order valence-electron chi connectivity index (χ0n) is 6.98. The molecule has 0 bridgehead atoms. The van der Waals surface area contributed by atoms with Crippen LogP contribution in [0, 0.1) is 0 Å². The summed E-state index contributed by atoms with van der Waals surface area (Å²) >= 11 is 0. The van der Waals surface area contributed by atoms with Crippen molar-refractivity contribution in [2.24, 2.45) is 0 Å². The topological polar surface area (TPSA) is 74.3 Å². The van der Waals surface area contributed by atoms with Gasteiger partial charge in [-0.15, -0.1) is 0 Å². The molecular formula is C7H5NaO4S. The number of hydrogen-bond donors (Lipinski definition) is 0. The monoisotopic (exact) mass is 208 g/mol. The smallest absolute Gasteiger partial charge is 0.545 e. The van der Waals surface area contributed by atoms with E-state index >= 15 is 0 Å². The molecule has 1 aliphatic rings. The fraction of sp³-hybridized carbons (Fsp3) is 0.143. The molecule has 0 aromatic heterocycles. The Labute approximate surface area is 98.8 Å². The molecule has 0 aliphatic heterocycles. The molecule has 0 atom stereocenters. The van der Waals surface area contributed by atoms with E-state index in [9.17, 15) is 18.3 Å². The molecule has 0 radical (unpaired) electrons. The molecule has 1 aliphatic carbocycles. The maximum Gasteiger partial charge on any atom is 1.00 e. The predicted molar refractivity (Wildman–Crippen MR) is 40.8 cm³/mol. The minimum Gasteiger partial charge on any atom is -0.545 e. The first kappa shape index (κ1) is 12.6. The van der Waals surface area contributed by atoms with Gasteiger partial charge in [-0.05, 0) is 11.6 Å². The molecule has 0 unspecified atom stereocenters. The minimum atomic E-state index is -2.26. The van der Waals surface area contributed by atoms with Crippen LogP contribution in [-0.4, -0.2) is 19.3 Å². The molecule has 0 fully saturated rings. The second-order valence-corrected chi connectivity index (χ2v) is 3.18. The summed E-state index contributed by atoms with van der Waals surface area (Å²) in [6.07, 6.45) is 3.90. The van der Waals surface area contributed by atoms with E-state index in [2.05, 4.69) is 0 Å². The fourth-order valence-corrected chi connectivity index (χ4v) is 1.20. The van der Waals surface area contributed by atoms with E-state index in [1.807, 2.05) is 0 Å². The van der Waals surface area contributed by atoms with Crippen molar-refractivity contribution in [2.45, 2.75) is 6.42 Å². The van der Waals surface area contributed by atoms with Crippen molar-refractivity contribution < 1.29 is 47.9 Å².